The molecule has 0 unspecified atom stereocenters. The van der Waals surface area contributed by atoms with Crippen LogP contribution in [0.5, 0.6) is 0 Å². The molecule has 126 valence electrons. The fraction of sp³-hybridized carbons (Fsp3) is 0.632. The summed E-state index contributed by atoms with van der Waals surface area (Å²) in [5, 5.41) is 0. The zero-order valence-corrected chi connectivity index (χ0v) is 14.1. The Morgan fingerprint density at radius 1 is 0.957 bits per heavy atom. The first-order valence-corrected chi connectivity index (χ1v) is 9.15. The Kier molecular flexibility index (Phi) is 5.42. The molecule has 2 fully saturated rings. The van der Waals surface area contributed by atoms with Gasteiger partial charge in [0.2, 0.25) is 5.91 Å². The Hall–Kier alpha value is -1.71. The summed E-state index contributed by atoms with van der Waals surface area (Å²) in [6.07, 6.45) is 8.74. The number of carbonyl (C=O) groups excluding carboxylic acids is 1. The van der Waals surface area contributed by atoms with Crippen molar-refractivity contribution in [3.8, 4) is 0 Å². The second-order valence-electron chi connectivity index (χ2n) is 6.88. The minimum atomic E-state index is 0.300. The lowest BCUT2D eigenvalue weighted by Crippen LogP contribution is -2.31. The van der Waals surface area contributed by atoms with Crippen LogP contribution in [0.15, 0.2) is 18.2 Å². The van der Waals surface area contributed by atoms with Crippen LogP contribution >= 0.6 is 0 Å². The Morgan fingerprint density at radius 2 is 1.61 bits per heavy atom. The van der Waals surface area contributed by atoms with E-state index in [-0.39, 0.29) is 0 Å². The zero-order chi connectivity index (χ0) is 16.1. The monoisotopic (exact) mass is 315 g/mol. The van der Waals surface area contributed by atoms with Gasteiger partial charge in [-0.1, -0.05) is 18.9 Å². The molecule has 0 aliphatic carbocycles. The molecule has 1 aromatic carbocycles. The van der Waals surface area contributed by atoms with E-state index in [1.165, 1.54) is 31.2 Å². The van der Waals surface area contributed by atoms with Crippen molar-refractivity contribution in [3.05, 3.63) is 23.8 Å². The Balaban J connectivity index is 1.55. The molecule has 1 amide bonds. The second-order valence-corrected chi connectivity index (χ2v) is 6.88. The summed E-state index contributed by atoms with van der Waals surface area (Å²) in [4.78, 5) is 16.8. The molecule has 0 atom stereocenters. The number of benzene rings is 1. The Labute approximate surface area is 139 Å². The predicted molar refractivity (Wildman–Crippen MR) is 95.7 cm³/mol. The number of anilines is 2. The van der Waals surface area contributed by atoms with E-state index in [1.54, 1.807) is 0 Å². The fourth-order valence-corrected chi connectivity index (χ4v) is 3.73. The van der Waals surface area contributed by atoms with E-state index in [2.05, 4.69) is 28.0 Å². The van der Waals surface area contributed by atoms with E-state index in [4.69, 9.17) is 5.73 Å². The van der Waals surface area contributed by atoms with Gasteiger partial charge in [-0.25, -0.2) is 0 Å². The van der Waals surface area contributed by atoms with Gasteiger partial charge in [0, 0.05) is 32.6 Å². The van der Waals surface area contributed by atoms with Gasteiger partial charge in [0.15, 0.2) is 0 Å². The summed E-state index contributed by atoms with van der Waals surface area (Å²) in [7, 11) is 0. The molecule has 4 nitrogen and oxygen atoms in total. The average molecular weight is 315 g/mol. The Morgan fingerprint density at radius 3 is 2.26 bits per heavy atom. The lowest BCUT2D eigenvalue weighted by atomic mass is 10.1. The van der Waals surface area contributed by atoms with E-state index in [9.17, 15) is 4.79 Å². The first-order chi connectivity index (χ1) is 11.2. The highest BCUT2D eigenvalue weighted by atomic mass is 16.2. The molecule has 1 aromatic rings. The number of hydrogen-bond acceptors (Lipinski definition) is 3. The quantitative estimate of drug-likeness (QED) is 0.868. The fourth-order valence-electron chi connectivity index (χ4n) is 3.73. The largest absolute Gasteiger partial charge is 0.397 e. The van der Waals surface area contributed by atoms with Crippen molar-refractivity contribution in [1.82, 2.24) is 4.90 Å². The maximum Gasteiger partial charge on any atom is 0.222 e. The van der Waals surface area contributed by atoms with Gasteiger partial charge in [-0.3, -0.25) is 4.79 Å². The molecule has 2 heterocycles. The molecule has 2 N–H and O–H groups in total. The summed E-state index contributed by atoms with van der Waals surface area (Å²) in [6.45, 7) is 4.09. The molecular formula is C19H29N3O. The molecule has 0 saturated carbocycles. The minimum Gasteiger partial charge on any atom is -0.397 e. The standard InChI is InChI=1S/C19H29N3O/c20-17-15-16(7-9-18(17)21-11-5-6-12-21)8-10-19(23)22-13-3-1-2-4-14-22/h7,9,15H,1-6,8,10-14,20H2. The number of aryl methyl sites for hydroxylation is 1. The summed E-state index contributed by atoms with van der Waals surface area (Å²) >= 11 is 0. The lowest BCUT2D eigenvalue weighted by Gasteiger charge is -2.21. The Bertz CT molecular complexity index is 529. The molecule has 2 aliphatic rings. The number of hydrogen-bond donors (Lipinski definition) is 1. The molecule has 0 bridgehead atoms. The molecule has 0 spiro atoms. The van der Waals surface area contributed by atoms with Crippen LogP contribution in [-0.2, 0) is 11.2 Å². The van der Waals surface area contributed by atoms with Crippen LogP contribution in [0.25, 0.3) is 0 Å². The van der Waals surface area contributed by atoms with Gasteiger partial charge in [0.1, 0.15) is 0 Å². The summed E-state index contributed by atoms with van der Waals surface area (Å²) in [5.41, 5.74) is 9.42. The van der Waals surface area contributed by atoms with E-state index in [0.29, 0.717) is 12.3 Å². The normalized spacial score (nSPS) is 19.0. The number of nitrogens with zero attached hydrogens (tertiary/aromatic N) is 2. The smallest absolute Gasteiger partial charge is 0.222 e. The van der Waals surface area contributed by atoms with E-state index < -0.39 is 0 Å². The van der Waals surface area contributed by atoms with Crippen LogP contribution in [-0.4, -0.2) is 37.0 Å². The van der Waals surface area contributed by atoms with Crippen LogP contribution in [0, 0.1) is 0 Å². The third-order valence-electron chi connectivity index (χ3n) is 5.13. The number of amides is 1. The van der Waals surface area contributed by atoms with Crippen LogP contribution in [0.4, 0.5) is 11.4 Å². The third kappa shape index (κ3) is 4.18. The van der Waals surface area contributed by atoms with Crippen LogP contribution < -0.4 is 10.6 Å². The molecule has 2 aliphatic heterocycles. The van der Waals surface area contributed by atoms with E-state index in [1.807, 2.05) is 0 Å². The van der Waals surface area contributed by atoms with E-state index >= 15 is 0 Å². The zero-order valence-electron chi connectivity index (χ0n) is 14.1. The second kappa shape index (κ2) is 7.71. The van der Waals surface area contributed by atoms with Gasteiger partial charge in [-0.05, 0) is 49.8 Å². The highest BCUT2D eigenvalue weighted by Gasteiger charge is 2.17. The topological polar surface area (TPSA) is 49.6 Å². The number of rotatable bonds is 4. The summed E-state index contributed by atoms with van der Waals surface area (Å²) < 4.78 is 0. The maximum atomic E-state index is 12.4. The molecule has 2 saturated heterocycles. The van der Waals surface area contributed by atoms with Gasteiger partial charge >= 0.3 is 0 Å². The van der Waals surface area contributed by atoms with Gasteiger partial charge in [-0.2, -0.15) is 0 Å². The van der Waals surface area contributed by atoms with Crippen LogP contribution in [0.3, 0.4) is 0 Å². The molecule has 23 heavy (non-hydrogen) atoms. The van der Waals surface area contributed by atoms with Gasteiger partial charge in [0.25, 0.3) is 0 Å². The third-order valence-corrected chi connectivity index (χ3v) is 5.13. The highest BCUT2D eigenvalue weighted by molar-refractivity contribution is 5.76. The predicted octanol–water partition coefficient (Wildman–Crippen LogP) is 3.20. The average Bonchev–Trinajstić information content (AvgIpc) is 2.94. The first kappa shape index (κ1) is 16.2. The van der Waals surface area contributed by atoms with Crippen molar-refractivity contribution in [2.45, 2.75) is 51.4 Å². The number of nitrogens with two attached hydrogens (primary N) is 1. The van der Waals surface area contributed by atoms with Crippen molar-refractivity contribution in [3.63, 3.8) is 0 Å². The summed E-state index contributed by atoms with van der Waals surface area (Å²) in [6, 6.07) is 6.33. The van der Waals surface area contributed by atoms with Crippen molar-refractivity contribution in [2.24, 2.45) is 0 Å². The van der Waals surface area contributed by atoms with Crippen molar-refractivity contribution in [1.29, 1.82) is 0 Å². The van der Waals surface area contributed by atoms with Gasteiger partial charge in [-0.15, -0.1) is 0 Å². The maximum absolute atomic E-state index is 12.4. The first-order valence-electron chi connectivity index (χ1n) is 9.15. The van der Waals surface area contributed by atoms with Gasteiger partial charge in [0.05, 0.1) is 11.4 Å². The lowest BCUT2D eigenvalue weighted by molar-refractivity contribution is -0.131. The number of nitrogen functional groups attached to an aromatic ring is 1. The highest BCUT2D eigenvalue weighted by Crippen LogP contribution is 2.28. The minimum absolute atomic E-state index is 0.300. The van der Waals surface area contributed by atoms with Crippen LogP contribution in [0.1, 0.15) is 50.5 Å². The SMILES string of the molecule is Nc1cc(CCC(=O)N2CCCCCC2)ccc1N1CCCC1. The molecular weight excluding hydrogens is 286 g/mol. The van der Waals surface area contributed by atoms with Crippen molar-refractivity contribution < 1.29 is 4.79 Å². The van der Waals surface area contributed by atoms with Crippen molar-refractivity contribution >= 4 is 17.3 Å². The number of carbonyl (C=O) groups is 1. The van der Waals surface area contributed by atoms with Crippen LogP contribution in [0.2, 0.25) is 0 Å². The molecule has 4 heteroatoms. The molecule has 0 radical (unpaired) electrons. The van der Waals surface area contributed by atoms with E-state index in [0.717, 1.165) is 56.8 Å². The van der Waals surface area contributed by atoms with Gasteiger partial charge < -0.3 is 15.5 Å². The summed E-state index contributed by atoms with van der Waals surface area (Å²) in [5.74, 6) is 0.300. The number of likely N-dealkylation sites (tertiary alicyclic amines) is 1. The molecule has 3 rings (SSSR count). The molecule has 0 aromatic heterocycles. The van der Waals surface area contributed by atoms with Crippen molar-refractivity contribution in [2.75, 3.05) is 36.8 Å².